The van der Waals surface area contributed by atoms with Gasteiger partial charge in [0.05, 0.1) is 11.8 Å². The van der Waals surface area contributed by atoms with Crippen molar-refractivity contribution < 1.29 is 12.8 Å². The van der Waals surface area contributed by atoms with E-state index in [4.69, 9.17) is 0 Å². The number of halogens is 1. The van der Waals surface area contributed by atoms with Crippen molar-refractivity contribution in [1.82, 2.24) is 14.2 Å². The molecule has 0 aliphatic carbocycles. The Morgan fingerprint density at radius 2 is 1.77 bits per heavy atom. The van der Waals surface area contributed by atoms with Crippen LogP contribution in [-0.2, 0) is 35.8 Å². The Morgan fingerprint density at radius 1 is 1.03 bits per heavy atom. The van der Waals surface area contributed by atoms with E-state index in [-0.39, 0.29) is 23.9 Å². The van der Waals surface area contributed by atoms with Crippen molar-refractivity contribution >= 4 is 10.0 Å². The fourth-order valence-corrected chi connectivity index (χ4v) is 5.26. The molecule has 0 unspecified atom stereocenters. The van der Waals surface area contributed by atoms with Gasteiger partial charge in [-0.1, -0.05) is 42.5 Å². The van der Waals surface area contributed by atoms with Gasteiger partial charge in [-0.05, 0) is 35.7 Å². The summed E-state index contributed by atoms with van der Waals surface area (Å²) in [5, 5.41) is 0. The van der Waals surface area contributed by atoms with Gasteiger partial charge in [-0.2, -0.15) is 0 Å². The molecule has 1 aromatic heterocycles. The number of sulfonamides is 1. The Labute approximate surface area is 177 Å². The van der Waals surface area contributed by atoms with Crippen LogP contribution >= 0.6 is 0 Å². The molecule has 30 heavy (non-hydrogen) atoms. The largest absolute Gasteiger partial charge is 0.353 e. The summed E-state index contributed by atoms with van der Waals surface area (Å²) in [6.45, 7) is 1.85. The number of nitrogens with one attached hydrogen (secondary N) is 1. The smallest absolute Gasteiger partial charge is 0.215 e. The average molecular weight is 428 g/mol. The minimum atomic E-state index is -3.68. The van der Waals surface area contributed by atoms with Crippen molar-refractivity contribution in [3.05, 3.63) is 95.1 Å². The summed E-state index contributed by atoms with van der Waals surface area (Å²) >= 11 is 0. The molecule has 1 aliphatic rings. The van der Waals surface area contributed by atoms with E-state index in [1.807, 2.05) is 36.0 Å². The zero-order valence-corrected chi connectivity index (χ0v) is 17.8. The number of hydrogen-bond donors (Lipinski definition) is 1. The highest BCUT2D eigenvalue weighted by Gasteiger charge is 2.27. The van der Waals surface area contributed by atoms with Gasteiger partial charge in [-0.3, -0.25) is 4.90 Å². The molecular formula is C23H26FN3O2S. The van der Waals surface area contributed by atoms with E-state index >= 15 is 0 Å². The third-order valence-corrected chi connectivity index (χ3v) is 7.02. The third-order valence-electron chi connectivity index (χ3n) is 5.73. The zero-order chi connectivity index (χ0) is 21.1. The van der Waals surface area contributed by atoms with Crippen LogP contribution in [-0.4, -0.2) is 31.0 Å². The SMILES string of the molecule is Cn1cccc1[C@H](CNS(=O)(=O)Cc1ccccc1F)N1CCc2ccccc2C1. The van der Waals surface area contributed by atoms with Crippen molar-refractivity contribution in [2.75, 3.05) is 13.1 Å². The van der Waals surface area contributed by atoms with Gasteiger partial charge >= 0.3 is 0 Å². The lowest BCUT2D eigenvalue weighted by Crippen LogP contribution is -2.41. The van der Waals surface area contributed by atoms with Crippen molar-refractivity contribution in [3.8, 4) is 0 Å². The van der Waals surface area contributed by atoms with Crippen LogP contribution in [0, 0.1) is 5.82 Å². The van der Waals surface area contributed by atoms with Crippen molar-refractivity contribution in [2.45, 2.75) is 24.8 Å². The zero-order valence-electron chi connectivity index (χ0n) is 17.0. The minimum Gasteiger partial charge on any atom is -0.353 e. The second-order valence-corrected chi connectivity index (χ2v) is 9.55. The summed E-state index contributed by atoms with van der Waals surface area (Å²) < 4.78 is 44.0. The summed E-state index contributed by atoms with van der Waals surface area (Å²) in [4.78, 5) is 2.31. The van der Waals surface area contributed by atoms with Crippen LogP contribution in [0.2, 0.25) is 0 Å². The number of fused-ring (bicyclic) bond motifs is 1. The van der Waals surface area contributed by atoms with E-state index in [1.54, 1.807) is 12.1 Å². The van der Waals surface area contributed by atoms with Gasteiger partial charge in [0.25, 0.3) is 0 Å². The highest BCUT2D eigenvalue weighted by Crippen LogP contribution is 2.28. The molecular weight excluding hydrogens is 401 g/mol. The maximum atomic E-state index is 13.9. The average Bonchev–Trinajstić information content (AvgIpc) is 3.15. The first-order valence-corrected chi connectivity index (χ1v) is 11.7. The number of benzene rings is 2. The standard InChI is InChI=1S/C23H26FN3O2S/c1-26-13-6-11-22(26)23(27-14-12-18-7-2-3-8-19(18)16-27)15-25-30(28,29)17-20-9-4-5-10-21(20)24/h2-11,13,23,25H,12,14-17H2,1H3/t23-/m0/s1. The lowest BCUT2D eigenvalue weighted by Gasteiger charge is -2.36. The Bertz CT molecular complexity index is 1130. The molecule has 0 saturated carbocycles. The number of nitrogens with zero attached hydrogens (tertiary/aromatic N) is 2. The monoisotopic (exact) mass is 427 g/mol. The van der Waals surface area contributed by atoms with Gasteiger partial charge in [-0.15, -0.1) is 0 Å². The van der Waals surface area contributed by atoms with Gasteiger partial charge in [0, 0.05) is 44.1 Å². The molecule has 0 bridgehead atoms. The van der Waals surface area contributed by atoms with Gasteiger partial charge in [0.2, 0.25) is 10.0 Å². The third kappa shape index (κ3) is 4.64. The molecule has 5 nitrogen and oxygen atoms in total. The van der Waals surface area contributed by atoms with Crippen LogP contribution in [0.25, 0.3) is 0 Å². The molecule has 4 rings (SSSR count). The van der Waals surface area contributed by atoms with Crippen LogP contribution in [0.5, 0.6) is 0 Å². The Balaban J connectivity index is 1.53. The molecule has 1 atom stereocenters. The maximum Gasteiger partial charge on any atom is 0.215 e. The quantitative estimate of drug-likeness (QED) is 0.629. The Kier molecular flexibility index (Phi) is 6.04. The molecule has 0 amide bonds. The van der Waals surface area contributed by atoms with Crippen LogP contribution in [0.1, 0.15) is 28.4 Å². The molecule has 2 heterocycles. The van der Waals surface area contributed by atoms with E-state index in [0.29, 0.717) is 0 Å². The van der Waals surface area contributed by atoms with E-state index < -0.39 is 15.8 Å². The summed E-state index contributed by atoms with van der Waals surface area (Å²) in [7, 11) is -1.71. The number of aryl methyl sites for hydroxylation is 1. The highest BCUT2D eigenvalue weighted by atomic mass is 32.2. The predicted octanol–water partition coefficient (Wildman–Crippen LogP) is 3.38. The molecule has 0 saturated heterocycles. The van der Waals surface area contributed by atoms with Crippen LogP contribution in [0.3, 0.4) is 0 Å². The summed E-state index contributed by atoms with van der Waals surface area (Å²) in [6, 6.07) is 18.2. The fourth-order valence-electron chi connectivity index (χ4n) is 4.10. The first-order chi connectivity index (χ1) is 14.4. The summed E-state index contributed by atoms with van der Waals surface area (Å²) in [6.07, 6.45) is 2.90. The molecule has 1 N–H and O–H groups in total. The van der Waals surface area contributed by atoms with Crippen molar-refractivity contribution in [1.29, 1.82) is 0 Å². The van der Waals surface area contributed by atoms with Crippen LogP contribution in [0.4, 0.5) is 4.39 Å². The van der Waals surface area contributed by atoms with E-state index in [2.05, 4.69) is 27.8 Å². The molecule has 0 spiro atoms. The number of hydrogen-bond acceptors (Lipinski definition) is 3. The fraction of sp³-hybridized carbons (Fsp3) is 0.304. The topological polar surface area (TPSA) is 54.3 Å². The number of aromatic nitrogens is 1. The second kappa shape index (κ2) is 8.71. The van der Waals surface area contributed by atoms with E-state index in [0.717, 1.165) is 25.2 Å². The van der Waals surface area contributed by atoms with E-state index in [9.17, 15) is 12.8 Å². The lowest BCUT2D eigenvalue weighted by molar-refractivity contribution is 0.174. The van der Waals surface area contributed by atoms with Crippen LogP contribution in [0.15, 0.2) is 66.9 Å². The Morgan fingerprint density at radius 3 is 2.50 bits per heavy atom. The molecule has 3 aromatic rings. The minimum absolute atomic E-state index is 0.117. The molecule has 7 heteroatoms. The van der Waals surface area contributed by atoms with Crippen LogP contribution < -0.4 is 4.72 Å². The Hall–Kier alpha value is -2.48. The lowest BCUT2D eigenvalue weighted by atomic mass is 9.98. The van der Waals surface area contributed by atoms with Gasteiger partial charge in [-0.25, -0.2) is 17.5 Å². The van der Waals surface area contributed by atoms with E-state index in [1.165, 1.54) is 23.3 Å². The normalized spacial score (nSPS) is 15.7. The highest BCUT2D eigenvalue weighted by molar-refractivity contribution is 7.88. The molecule has 0 radical (unpaired) electrons. The number of rotatable bonds is 7. The summed E-state index contributed by atoms with van der Waals surface area (Å²) in [5.74, 6) is -0.878. The predicted molar refractivity (Wildman–Crippen MR) is 116 cm³/mol. The van der Waals surface area contributed by atoms with Gasteiger partial charge < -0.3 is 4.57 Å². The maximum absolute atomic E-state index is 13.9. The molecule has 2 aromatic carbocycles. The molecule has 1 aliphatic heterocycles. The molecule has 158 valence electrons. The van der Waals surface area contributed by atoms with Crippen molar-refractivity contribution in [2.24, 2.45) is 7.05 Å². The van der Waals surface area contributed by atoms with Gasteiger partial charge in [0.1, 0.15) is 5.82 Å². The molecule has 0 fully saturated rings. The second-order valence-electron chi connectivity index (χ2n) is 7.75. The first-order valence-electron chi connectivity index (χ1n) is 10.1. The first kappa shape index (κ1) is 20.8. The summed E-state index contributed by atoms with van der Waals surface area (Å²) in [5.41, 5.74) is 3.84. The van der Waals surface area contributed by atoms with Crippen molar-refractivity contribution in [3.63, 3.8) is 0 Å². The van der Waals surface area contributed by atoms with Gasteiger partial charge in [0.15, 0.2) is 0 Å².